The van der Waals surface area contributed by atoms with Crippen LogP contribution in [0.25, 0.3) is 22.2 Å². The molecule has 3 aromatic rings. The van der Waals surface area contributed by atoms with E-state index in [0.29, 0.717) is 10.0 Å². The molecule has 1 aromatic heterocycles. The van der Waals surface area contributed by atoms with Crippen molar-refractivity contribution in [2.24, 2.45) is 0 Å². The molecule has 19 heavy (non-hydrogen) atoms. The number of aromatic nitrogens is 1. The Balaban J connectivity index is 2.14. The average molecular weight is 292 g/mol. The number of fused-ring (bicyclic) bond motifs is 1. The Labute approximate surface area is 120 Å². The van der Waals surface area contributed by atoms with Crippen LogP contribution in [-0.2, 0) is 0 Å². The topological polar surface area (TPSA) is 25.0 Å². The normalized spacial score (nSPS) is 10.9. The molecule has 0 saturated carbocycles. The van der Waals surface area contributed by atoms with E-state index in [1.54, 1.807) is 7.11 Å². The van der Waals surface area contributed by atoms with Crippen molar-refractivity contribution in [3.63, 3.8) is 0 Å². The predicted octanol–water partition coefficient (Wildman–Crippen LogP) is 5.15. The van der Waals surface area contributed by atoms with Gasteiger partial charge in [0.05, 0.1) is 17.2 Å². The lowest BCUT2D eigenvalue weighted by Gasteiger charge is -2.02. The van der Waals surface area contributed by atoms with Gasteiger partial charge in [-0.15, -0.1) is 0 Å². The largest absolute Gasteiger partial charge is 0.497 e. The van der Waals surface area contributed by atoms with Crippen molar-refractivity contribution < 1.29 is 4.74 Å². The van der Waals surface area contributed by atoms with Gasteiger partial charge < -0.3 is 9.72 Å². The predicted molar refractivity (Wildman–Crippen MR) is 80.3 cm³/mol. The van der Waals surface area contributed by atoms with Crippen LogP contribution in [-0.4, -0.2) is 12.1 Å². The molecule has 0 spiro atoms. The molecule has 0 atom stereocenters. The third-order valence-corrected chi connectivity index (χ3v) is 3.76. The summed E-state index contributed by atoms with van der Waals surface area (Å²) in [6.45, 7) is 0. The first kappa shape index (κ1) is 12.4. The van der Waals surface area contributed by atoms with Crippen LogP contribution in [0.15, 0.2) is 42.5 Å². The summed E-state index contributed by atoms with van der Waals surface area (Å²) >= 11 is 12.0. The number of aromatic amines is 1. The number of hydrogen-bond acceptors (Lipinski definition) is 1. The quantitative estimate of drug-likeness (QED) is 0.694. The zero-order valence-corrected chi connectivity index (χ0v) is 11.7. The van der Waals surface area contributed by atoms with Gasteiger partial charge in [-0.05, 0) is 30.3 Å². The van der Waals surface area contributed by atoms with Crippen molar-refractivity contribution in [2.75, 3.05) is 7.11 Å². The fraction of sp³-hybridized carbons (Fsp3) is 0.0667. The molecule has 0 amide bonds. The monoisotopic (exact) mass is 291 g/mol. The molecule has 0 bridgehead atoms. The molecule has 96 valence electrons. The average Bonchev–Trinajstić information content (AvgIpc) is 2.82. The minimum atomic E-state index is 0.549. The highest BCUT2D eigenvalue weighted by Crippen LogP contribution is 2.31. The maximum absolute atomic E-state index is 6.02. The molecule has 0 aliphatic carbocycles. The molecule has 0 aliphatic rings. The summed E-state index contributed by atoms with van der Waals surface area (Å²) in [5.74, 6) is 0.826. The summed E-state index contributed by atoms with van der Waals surface area (Å²) < 4.78 is 5.23. The van der Waals surface area contributed by atoms with Crippen molar-refractivity contribution in [1.82, 2.24) is 4.98 Å². The van der Waals surface area contributed by atoms with Crippen LogP contribution >= 0.6 is 23.2 Å². The second kappa shape index (κ2) is 4.80. The number of rotatable bonds is 2. The molecular weight excluding hydrogens is 281 g/mol. The summed E-state index contributed by atoms with van der Waals surface area (Å²) in [5.41, 5.74) is 3.03. The molecule has 1 heterocycles. The van der Waals surface area contributed by atoms with Gasteiger partial charge in [-0.3, -0.25) is 0 Å². The Bertz CT molecular complexity index is 710. The fourth-order valence-electron chi connectivity index (χ4n) is 2.07. The van der Waals surface area contributed by atoms with Crippen LogP contribution in [0, 0.1) is 0 Å². The second-order valence-electron chi connectivity index (χ2n) is 4.27. The van der Waals surface area contributed by atoms with Gasteiger partial charge in [0, 0.05) is 22.2 Å². The lowest BCUT2D eigenvalue weighted by Crippen LogP contribution is -1.83. The van der Waals surface area contributed by atoms with E-state index in [1.807, 2.05) is 42.5 Å². The van der Waals surface area contributed by atoms with Gasteiger partial charge in [0.25, 0.3) is 0 Å². The number of halogens is 2. The van der Waals surface area contributed by atoms with Crippen molar-refractivity contribution in [1.29, 1.82) is 0 Å². The van der Waals surface area contributed by atoms with Gasteiger partial charge in [-0.2, -0.15) is 0 Å². The third-order valence-electron chi connectivity index (χ3n) is 3.04. The fourth-order valence-corrected chi connectivity index (χ4v) is 2.41. The number of nitrogens with one attached hydrogen (secondary N) is 1. The van der Waals surface area contributed by atoms with Gasteiger partial charge in [-0.1, -0.05) is 35.3 Å². The molecule has 4 heteroatoms. The van der Waals surface area contributed by atoms with E-state index in [9.17, 15) is 0 Å². The summed E-state index contributed by atoms with van der Waals surface area (Å²) in [7, 11) is 1.66. The van der Waals surface area contributed by atoms with E-state index < -0.39 is 0 Å². The Hall–Kier alpha value is -1.64. The van der Waals surface area contributed by atoms with E-state index in [1.165, 1.54) is 0 Å². The number of benzene rings is 2. The highest BCUT2D eigenvalue weighted by atomic mass is 35.5. The van der Waals surface area contributed by atoms with E-state index in [4.69, 9.17) is 27.9 Å². The summed E-state index contributed by atoms with van der Waals surface area (Å²) in [4.78, 5) is 3.33. The van der Waals surface area contributed by atoms with E-state index in [0.717, 1.165) is 27.9 Å². The molecule has 3 rings (SSSR count). The van der Waals surface area contributed by atoms with Gasteiger partial charge >= 0.3 is 0 Å². The van der Waals surface area contributed by atoms with Crippen LogP contribution in [0.4, 0.5) is 0 Å². The van der Waals surface area contributed by atoms with Crippen LogP contribution < -0.4 is 4.74 Å². The molecule has 0 aliphatic heterocycles. The van der Waals surface area contributed by atoms with E-state index in [2.05, 4.69) is 4.98 Å². The minimum Gasteiger partial charge on any atom is -0.497 e. The Morgan fingerprint density at radius 2 is 1.79 bits per heavy atom. The van der Waals surface area contributed by atoms with Crippen LogP contribution in [0.3, 0.4) is 0 Å². The van der Waals surface area contributed by atoms with E-state index in [-0.39, 0.29) is 0 Å². The molecule has 0 radical (unpaired) electrons. The zero-order chi connectivity index (χ0) is 13.4. The van der Waals surface area contributed by atoms with Crippen molar-refractivity contribution in [3.05, 3.63) is 52.5 Å². The molecule has 0 unspecified atom stereocenters. The first-order valence-corrected chi connectivity index (χ1v) is 6.55. The van der Waals surface area contributed by atoms with Gasteiger partial charge in [0.1, 0.15) is 5.75 Å². The number of hydrogen-bond donors (Lipinski definition) is 1. The molecule has 2 aromatic carbocycles. The third kappa shape index (κ3) is 2.29. The Morgan fingerprint density at radius 1 is 1.00 bits per heavy atom. The molecule has 2 nitrogen and oxygen atoms in total. The highest BCUT2D eigenvalue weighted by Gasteiger charge is 2.07. The first-order chi connectivity index (χ1) is 9.17. The standard InChI is InChI=1S/C15H11Cl2NO/c1-19-11-4-2-3-9(5-11)14-7-10-6-12(16)13(17)8-15(10)18-14/h2-8,18H,1H3. The van der Waals surface area contributed by atoms with Crippen LogP contribution in [0.5, 0.6) is 5.75 Å². The Morgan fingerprint density at radius 3 is 2.58 bits per heavy atom. The van der Waals surface area contributed by atoms with Gasteiger partial charge in [-0.25, -0.2) is 0 Å². The van der Waals surface area contributed by atoms with Crippen LogP contribution in [0.2, 0.25) is 10.0 Å². The smallest absolute Gasteiger partial charge is 0.119 e. The van der Waals surface area contributed by atoms with Crippen molar-refractivity contribution in [2.45, 2.75) is 0 Å². The maximum atomic E-state index is 6.02. The number of H-pyrrole nitrogens is 1. The molecule has 1 N–H and O–H groups in total. The summed E-state index contributed by atoms with van der Waals surface area (Å²) in [5, 5.41) is 2.14. The maximum Gasteiger partial charge on any atom is 0.119 e. The molecular formula is C15H11Cl2NO. The molecule has 0 saturated heterocycles. The molecule has 0 fully saturated rings. The lowest BCUT2D eigenvalue weighted by molar-refractivity contribution is 0.415. The Kier molecular flexibility index (Phi) is 3.13. The van der Waals surface area contributed by atoms with Crippen molar-refractivity contribution in [3.8, 4) is 17.0 Å². The lowest BCUT2D eigenvalue weighted by atomic mass is 10.1. The van der Waals surface area contributed by atoms with E-state index >= 15 is 0 Å². The van der Waals surface area contributed by atoms with Crippen molar-refractivity contribution >= 4 is 34.1 Å². The minimum absolute atomic E-state index is 0.549. The second-order valence-corrected chi connectivity index (χ2v) is 5.08. The van der Waals surface area contributed by atoms with Crippen LogP contribution in [0.1, 0.15) is 0 Å². The first-order valence-electron chi connectivity index (χ1n) is 5.79. The summed E-state index contributed by atoms with van der Waals surface area (Å²) in [6, 6.07) is 13.6. The summed E-state index contributed by atoms with van der Waals surface area (Å²) in [6.07, 6.45) is 0. The highest BCUT2D eigenvalue weighted by molar-refractivity contribution is 6.42. The number of ether oxygens (including phenoxy) is 1. The van der Waals surface area contributed by atoms with Gasteiger partial charge in [0.15, 0.2) is 0 Å². The zero-order valence-electron chi connectivity index (χ0n) is 10.2. The van der Waals surface area contributed by atoms with Gasteiger partial charge in [0.2, 0.25) is 0 Å². The SMILES string of the molecule is COc1cccc(-c2cc3cc(Cl)c(Cl)cc3[nH]2)c1. The number of methoxy groups -OCH3 is 1.